The van der Waals surface area contributed by atoms with Crippen LogP contribution in [0.25, 0.3) is 0 Å². The first-order valence-electron chi connectivity index (χ1n) is 9.82. The highest BCUT2D eigenvalue weighted by atomic mass is 16.6. The van der Waals surface area contributed by atoms with E-state index in [1.807, 2.05) is 0 Å². The van der Waals surface area contributed by atoms with Crippen molar-refractivity contribution in [1.29, 1.82) is 0 Å². The first-order valence-corrected chi connectivity index (χ1v) is 9.82. The number of ether oxygens (including phenoxy) is 1. The van der Waals surface area contributed by atoms with E-state index in [1.165, 1.54) is 18.3 Å². The lowest BCUT2D eigenvalue weighted by atomic mass is 9.77. The fraction of sp³-hybridized carbons (Fsp3) is 0.550. The number of hydrogen-bond donors (Lipinski definition) is 6. The van der Waals surface area contributed by atoms with Crippen LogP contribution in [-0.2, 0) is 14.3 Å². The molecule has 0 saturated heterocycles. The molecule has 12 nitrogen and oxygen atoms in total. The van der Waals surface area contributed by atoms with Crippen LogP contribution in [0.1, 0.15) is 58.3 Å². The van der Waals surface area contributed by atoms with E-state index in [-0.39, 0.29) is 17.8 Å². The van der Waals surface area contributed by atoms with Gasteiger partial charge in [-0.1, -0.05) is 20.8 Å². The number of carboxylic acid groups (broad SMARTS) is 2. The normalized spacial score (nSPS) is 13.4. The third kappa shape index (κ3) is 9.16. The lowest BCUT2D eigenvalue weighted by Crippen LogP contribution is -2.50. The fourth-order valence-electron chi connectivity index (χ4n) is 2.53. The monoisotopic (exact) mass is 453 g/mol. The van der Waals surface area contributed by atoms with E-state index in [0.717, 1.165) is 0 Å². The number of nitrogens with zero attached hydrogens (tertiary/aromatic N) is 1. The van der Waals surface area contributed by atoms with Gasteiger partial charge in [0.05, 0.1) is 11.5 Å². The summed E-state index contributed by atoms with van der Waals surface area (Å²) in [5.74, 6) is -3.80. The molecule has 2 amide bonds. The van der Waals surface area contributed by atoms with Crippen molar-refractivity contribution in [3.05, 3.63) is 23.9 Å². The maximum absolute atomic E-state index is 12.3. The Morgan fingerprint density at radius 3 is 2.06 bits per heavy atom. The number of amides is 2. The Kier molecular flexibility index (Phi) is 8.95. The van der Waals surface area contributed by atoms with Gasteiger partial charge in [0, 0.05) is 6.20 Å². The topological polar surface area (TPSA) is 179 Å². The first kappa shape index (κ1) is 26.6. The van der Waals surface area contributed by atoms with Gasteiger partial charge in [0.2, 0.25) is 0 Å². The molecule has 0 bridgehead atoms. The molecule has 0 aliphatic heterocycles. The maximum atomic E-state index is 12.3. The Labute approximate surface area is 186 Å². The third-order valence-electron chi connectivity index (χ3n) is 4.19. The number of aliphatic carboxylic acids is 2. The minimum absolute atomic E-state index is 0.107. The van der Waals surface area contributed by atoms with Gasteiger partial charge >= 0.3 is 18.0 Å². The fourth-order valence-corrected chi connectivity index (χ4v) is 2.53. The third-order valence-corrected chi connectivity index (χ3v) is 4.19. The SMILES string of the molecule is CC(C)(C)OC(=O)NNc1ccc(C(=O)NN[C@@H](CC(C(=O)O)C(C)(C)C)C(=O)O)cn1. The standard InChI is InChI=1S/C20H31N5O7/c1-19(2,3)12(16(27)28)9-13(17(29)30)22-24-15(26)11-7-8-14(21-10-11)23-25-18(31)32-20(4,5)6/h7-8,10,12-13,22H,9H2,1-6H3,(H,21,23)(H,24,26)(H,25,31)(H,27,28)(H,29,30)/t12?,13-/m0/s1. The van der Waals surface area contributed by atoms with Crippen molar-refractivity contribution in [2.24, 2.45) is 11.3 Å². The molecule has 2 atom stereocenters. The van der Waals surface area contributed by atoms with Gasteiger partial charge < -0.3 is 14.9 Å². The average Bonchev–Trinajstić information content (AvgIpc) is 2.63. The largest absolute Gasteiger partial charge is 0.481 e. The zero-order valence-corrected chi connectivity index (χ0v) is 19.0. The number of carbonyl (C=O) groups is 4. The summed E-state index contributed by atoms with van der Waals surface area (Å²) >= 11 is 0. The van der Waals surface area contributed by atoms with Crippen molar-refractivity contribution in [3.63, 3.8) is 0 Å². The molecule has 6 N–H and O–H groups in total. The van der Waals surface area contributed by atoms with Crippen molar-refractivity contribution in [1.82, 2.24) is 21.3 Å². The van der Waals surface area contributed by atoms with Gasteiger partial charge in [-0.05, 0) is 44.7 Å². The highest BCUT2D eigenvalue weighted by molar-refractivity contribution is 5.94. The Morgan fingerprint density at radius 1 is 1.00 bits per heavy atom. The summed E-state index contributed by atoms with van der Waals surface area (Å²) in [5, 5.41) is 18.8. The van der Waals surface area contributed by atoms with E-state index < -0.39 is 46.9 Å². The first-order chi connectivity index (χ1) is 14.6. The van der Waals surface area contributed by atoms with Crippen LogP contribution >= 0.6 is 0 Å². The number of hydrogen-bond acceptors (Lipinski definition) is 8. The van der Waals surface area contributed by atoms with E-state index in [4.69, 9.17) is 4.74 Å². The molecule has 12 heteroatoms. The molecule has 1 rings (SSSR count). The van der Waals surface area contributed by atoms with E-state index >= 15 is 0 Å². The molecular formula is C20H31N5O7. The summed E-state index contributed by atoms with van der Waals surface area (Å²) in [6, 6.07) is 1.50. The van der Waals surface area contributed by atoms with Gasteiger partial charge in [-0.25, -0.2) is 20.6 Å². The lowest BCUT2D eigenvalue weighted by molar-refractivity contribution is -0.147. The molecule has 1 aromatic rings. The summed E-state index contributed by atoms with van der Waals surface area (Å²) in [7, 11) is 0. The predicted molar refractivity (Wildman–Crippen MR) is 114 cm³/mol. The maximum Gasteiger partial charge on any atom is 0.426 e. The summed E-state index contributed by atoms with van der Waals surface area (Å²) in [6.45, 7) is 10.2. The molecule has 0 aromatic carbocycles. The second-order valence-corrected chi connectivity index (χ2v) is 9.17. The van der Waals surface area contributed by atoms with Crippen molar-refractivity contribution in [2.45, 2.75) is 59.6 Å². The Balaban J connectivity index is 2.68. The summed E-state index contributed by atoms with van der Waals surface area (Å²) in [5.41, 5.74) is 8.22. The minimum atomic E-state index is -1.31. The zero-order chi connectivity index (χ0) is 24.7. The number of hydrazine groups is 2. The van der Waals surface area contributed by atoms with Crippen molar-refractivity contribution in [2.75, 3.05) is 5.43 Å². The van der Waals surface area contributed by atoms with Crippen LogP contribution < -0.4 is 21.7 Å². The van der Waals surface area contributed by atoms with E-state index in [0.29, 0.717) is 0 Å². The van der Waals surface area contributed by atoms with Gasteiger partial charge in [-0.2, -0.15) is 0 Å². The second-order valence-electron chi connectivity index (χ2n) is 9.17. The van der Waals surface area contributed by atoms with E-state index in [2.05, 4.69) is 26.7 Å². The minimum Gasteiger partial charge on any atom is -0.481 e. The number of anilines is 1. The van der Waals surface area contributed by atoms with E-state index in [9.17, 15) is 29.4 Å². The van der Waals surface area contributed by atoms with Gasteiger partial charge in [-0.15, -0.1) is 0 Å². The summed E-state index contributed by atoms with van der Waals surface area (Å²) in [4.78, 5) is 50.9. The number of rotatable bonds is 9. The molecule has 1 heterocycles. The molecule has 0 aliphatic rings. The molecule has 1 aromatic heterocycles. The highest BCUT2D eigenvalue weighted by Gasteiger charge is 2.35. The van der Waals surface area contributed by atoms with Crippen LogP contribution in [0.3, 0.4) is 0 Å². The number of pyridine rings is 1. The Bertz CT molecular complexity index is 828. The van der Waals surface area contributed by atoms with Gasteiger partial charge in [-0.3, -0.25) is 25.2 Å². The van der Waals surface area contributed by atoms with Crippen molar-refractivity contribution >= 4 is 29.8 Å². The van der Waals surface area contributed by atoms with Crippen LogP contribution in [0.5, 0.6) is 0 Å². The summed E-state index contributed by atoms with van der Waals surface area (Å²) < 4.78 is 5.06. The summed E-state index contributed by atoms with van der Waals surface area (Å²) in [6.07, 6.45) is 0.271. The van der Waals surface area contributed by atoms with Crippen LogP contribution in [-0.4, -0.2) is 50.8 Å². The highest BCUT2D eigenvalue weighted by Crippen LogP contribution is 2.30. The van der Waals surface area contributed by atoms with Crippen LogP contribution in [0.2, 0.25) is 0 Å². The smallest absolute Gasteiger partial charge is 0.426 e. The van der Waals surface area contributed by atoms with Crippen LogP contribution in [0, 0.1) is 11.3 Å². The number of aromatic nitrogens is 1. The predicted octanol–water partition coefficient (Wildman–Crippen LogP) is 1.76. The molecule has 1 unspecified atom stereocenters. The van der Waals surface area contributed by atoms with Gasteiger partial charge in [0.25, 0.3) is 5.91 Å². The Morgan fingerprint density at radius 2 is 1.62 bits per heavy atom. The zero-order valence-electron chi connectivity index (χ0n) is 19.0. The quantitative estimate of drug-likeness (QED) is 0.302. The Hall–Kier alpha value is -3.41. The number of carbonyl (C=O) groups excluding carboxylic acids is 2. The molecular weight excluding hydrogens is 422 g/mol. The molecule has 0 saturated carbocycles. The second kappa shape index (κ2) is 10.8. The van der Waals surface area contributed by atoms with Gasteiger partial charge in [0.1, 0.15) is 17.5 Å². The van der Waals surface area contributed by atoms with Gasteiger partial charge in [0.15, 0.2) is 0 Å². The molecule has 178 valence electrons. The molecule has 32 heavy (non-hydrogen) atoms. The van der Waals surface area contributed by atoms with E-state index in [1.54, 1.807) is 41.5 Å². The lowest BCUT2D eigenvalue weighted by Gasteiger charge is -2.29. The molecule has 0 radical (unpaired) electrons. The number of carboxylic acids is 2. The number of nitrogens with one attached hydrogen (secondary N) is 4. The molecule has 0 fully saturated rings. The van der Waals surface area contributed by atoms with Crippen molar-refractivity contribution < 1.29 is 34.1 Å². The van der Waals surface area contributed by atoms with Crippen LogP contribution in [0.15, 0.2) is 18.3 Å². The van der Waals surface area contributed by atoms with Crippen LogP contribution in [0.4, 0.5) is 10.6 Å². The van der Waals surface area contributed by atoms with Crippen molar-refractivity contribution in [3.8, 4) is 0 Å². The molecule has 0 spiro atoms. The average molecular weight is 453 g/mol. The molecule has 0 aliphatic carbocycles.